The average Bonchev–Trinajstić information content (AvgIpc) is 2.55. The van der Waals surface area contributed by atoms with E-state index < -0.39 is 0 Å². The second-order valence-corrected chi connectivity index (χ2v) is 4.72. The Labute approximate surface area is 84.2 Å². The van der Waals surface area contributed by atoms with Gasteiger partial charge in [0.25, 0.3) is 0 Å². The lowest BCUT2D eigenvalue weighted by Crippen LogP contribution is -2.35. The first kappa shape index (κ1) is 10.6. The van der Waals surface area contributed by atoms with Crippen LogP contribution in [0.2, 0.25) is 0 Å². The highest BCUT2D eigenvalue weighted by molar-refractivity contribution is 8.00. The summed E-state index contributed by atoms with van der Waals surface area (Å²) in [6, 6.07) is 0.557. The lowest BCUT2D eigenvalue weighted by atomic mass is 10.2. The van der Waals surface area contributed by atoms with E-state index in [2.05, 4.69) is 24.0 Å². The van der Waals surface area contributed by atoms with E-state index in [-0.39, 0.29) is 12.4 Å². The summed E-state index contributed by atoms with van der Waals surface area (Å²) in [6.45, 7) is 3.07. The van der Waals surface area contributed by atoms with Crippen LogP contribution in [0, 0.1) is 0 Å². The van der Waals surface area contributed by atoms with Gasteiger partial charge < -0.3 is 4.74 Å². The van der Waals surface area contributed by atoms with Crippen molar-refractivity contribution in [1.82, 2.24) is 5.32 Å². The number of nitrogens with one attached hydrogen (secondary N) is 1. The lowest BCUT2D eigenvalue weighted by molar-refractivity contribution is 0.0977. The molecule has 0 amide bonds. The molecule has 2 aliphatic heterocycles. The Morgan fingerprint density at radius 2 is 2.33 bits per heavy atom. The van der Waals surface area contributed by atoms with Crippen molar-refractivity contribution in [3.63, 3.8) is 0 Å². The summed E-state index contributed by atoms with van der Waals surface area (Å²) in [5, 5.41) is 4.17. The van der Waals surface area contributed by atoms with Gasteiger partial charge in [0, 0.05) is 11.3 Å². The van der Waals surface area contributed by atoms with Crippen molar-refractivity contribution in [1.29, 1.82) is 0 Å². The van der Waals surface area contributed by atoms with E-state index in [9.17, 15) is 0 Å². The van der Waals surface area contributed by atoms with Crippen molar-refractivity contribution in [2.75, 3.05) is 12.4 Å². The van der Waals surface area contributed by atoms with Crippen LogP contribution in [0.3, 0.4) is 0 Å². The smallest absolute Gasteiger partial charge is 0.120 e. The molecule has 0 spiro atoms. The van der Waals surface area contributed by atoms with E-state index >= 15 is 0 Å². The Morgan fingerprint density at radius 1 is 1.50 bits per heavy atom. The summed E-state index contributed by atoms with van der Waals surface area (Å²) >= 11 is 2.05. The van der Waals surface area contributed by atoms with Crippen LogP contribution in [-0.4, -0.2) is 29.9 Å². The Kier molecular flexibility index (Phi) is 4.17. The van der Waals surface area contributed by atoms with E-state index in [1.54, 1.807) is 0 Å². The summed E-state index contributed by atoms with van der Waals surface area (Å²) in [4.78, 5) is 0. The summed E-state index contributed by atoms with van der Waals surface area (Å²) in [7, 11) is 0. The van der Waals surface area contributed by atoms with Crippen LogP contribution in [0.4, 0.5) is 0 Å². The van der Waals surface area contributed by atoms with E-state index in [4.69, 9.17) is 4.74 Å². The third kappa shape index (κ3) is 2.28. The highest BCUT2D eigenvalue weighted by atomic mass is 35.5. The van der Waals surface area contributed by atoms with Gasteiger partial charge in [0.2, 0.25) is 0 Å². The molecule has 72 valence electrons. The first-order valence-corrected chi connectivity index (χ1v) is 5.40. The average molecular weight is 210 g/mol. The van der Waals surface area contributed by atoms with Gasteiger partial charge in [-0.2, -0.15) is 11.8 Å². The third-order valence-corrected chi connectivity index (χ3v) is 3.71. The molecule has 1 N–H and O–H groups in total. The molecule has 0 aliphatic carbocycles. The Bertz CT molecular complexity index is 141. The minimum Gasteiger partial charge on any atom is -0.361 e. The molecule has 12 heavy (non-hydrogen) atoms. The van der Waals surface area contributed by atoms with Gasteiger partial charge in [-0.25, -0.2) is 0 Å². The first-order valence-electron chi connectivity index (χ1n) is 4.35. The van der Waals surface area contributed by atoms with E-state index in [0.717, 1.165) is 11.9 Å². The molecule has 0 aromatic carbocycles. The van der Waals surface area contributed by atoms with Crippen LogP contribution in [0.15, 0.2) is 0 Å². The molecule has 3 atom stereocenters. The maximum atomic E-state index is 5.62. The quantitative estimate of drug-likeness (QED) is 0.710. The molecule has 2 fully saturated rings. The maximum Gasteiger partial charge on any atom is 0.120 e. The van der Waals surface area contributed by atoms with Gasteiger partial charge in [-0.15, -0.1) is 12.4 Å². The number of halogens is 1. The van der Waals surface area contributed by atoms with Crippen LogP contribution in [0.1, 0.15) is 19.8 Å². The predicted molar refractivity (Wildman–Crippen MR) is 55.1 cm³/mol. The van der Waals surface area contributed by atoms with Gasteiger partial charge >= 0.3 is 0 Å². The highest BCUT2D eigenvalue weighted by Gasteiger charge is 2.31. The maximum absolute atomic E-state index is 5.62. The molecular weight excluding hydrogens is 194 g/mol. The summed E-state index contributed by atoms with van der Waals surface area (Å²) in [5.74, 6) is 1.32. The van der Waals surface area contributed by atoms with Gasteiger partial charge in [0.15, 0.2) is 0 Å². The van der Waals surface area contributed by atoms with Gasteiger partial charge in [-0.3, -0.25) is 5.32 Å². The first-order chi connectivity index (χ1) is 5.36. The highest BCUT2D eigenvalue weighted by Crippen LogP contribution is 2.30. The third-order valence-electron chi connectivity index (χ3n) is 2.28. The summed E-state index contributed by atoms with van der Waals surface area (Å²) < 4.78 is 5.62. The summed E-state index contributed by atoms with van der Waals surface area (Å²) in [5.41, 5.74) is 0. The van der Waals surface area contributed by atoms with Crippen molar-refractivity contribution >= 4 is 24.2 Å². The van der Waals surface area contributed by atoms with Crippen molar-refractivity contribution in [3.8, 4) is 0 Å². The topological polar surface area (TPSA) is 21.3 Å². The summed E-state index contributed by atoms with van der Waals surface area (Å²) in [6.07, 6.45) is 3.04. The molecule has 0 saturated carbocycles. The van der Waals surface area contributed by atoms with Crippen LogP contribution >= 0.6 is 24.2 Å². The Balaban J connectivity index is 0.000000720. The molecule has 0 radical (unpaired) electrons. The van der Waals surface area contributed by atoms with Crippen LogP contribution in [-0.2, 0) is 4.74 Å². The standard InChI is InChI=1S/C8H15NOS.ClH/c1-6-5-10-8(9-6)7-3-2-4-11-7;/h6-9H,2-5H2,1H3;1H. The molecule has 3 unspecified atom stereocenters. The van der Waals surface area contributed by atoms with E-state index in [0.29, 0.717) is 12.3 Å². The van der Waals surface area contributed by atoms with Crippen LogP contribution < -0.4 is 5.32 Å². The minimum atomic E-state index is 0. The Hall–Kier alpha value is 0.560. The number of ether oxygens (including phenoxy) is 1. The molecule has 2 rings (SSSR count). The van der Waals surface area contributed by atoms with Crippen LogP contribution in [0.5, 0.6) is 0 Å². The number of thioether (sulfide) groups is 1. The molecule has 4 heteroatoms. The van der Waals surface area contributed by atoms with Crippen molar-refractivity contribution < 1.29 is 4.74 Å². The predicted octanol–water partition coefficient (Wildman–Crippen LogP) is 1.64. The van der Waals surface area contributed by atoms with Crippen molar-refractivity contribution in [2.24, 2.45) is 0 Å². The fraction of sp³-hybridized carbons (Fsp3) is 1.00. The van der Waals surface area contributed by atoms with Crippen molar-refractivity contribution in [3.05, 3.63) is 0 Å². The zero-order valence-corrected chi connectivity index (χ0v) is 8.92. The number of hydrogen-bond donors (Lipinski definition) is 1. The largest absolute Gasteiger partial charge is 0.361 e. The number of hydrogen-bond acceptors (Lipinski definition) is 3. The molecule has 0 aromatic heterocycles. The van der Waals surface area contributed by atoms with Gasteiger partial charge in [0.1, 0.15) is 6.23 Å². The SMILES string of the molecule is CC1COC(C2CCCS2)N1.Cl. The monoisotopic (exact) mass is 209 g/mol. The molecule has 2 aliphatic rings. The molecular formula is C8H16ClNOS. The fourth-order valence-corrected chi connectivity index (χ4v) is 2.98. The fourth-order valence-electron chi connectivity index (χ4n) is 1.68. The zero-order chi connectivity index (χ0) is 7.68. The van der Waals surface area contributed by atoms with Crippen molar-refractivity contribution in [2.45, 2.75) is 37.3 Å². The molecule has 2 heterocycles. The second-order valence-electron chi connectivity index (χ2n) is 3.37. The molecule has 2 nitrogen and oxygen atoms in total. The minimum absolute atomic E-state index is 0. The Morgan fingerprint density at radius 3 is 2.83 bits per heavy atom. The van der Waals surface area contributed by atoms with Gasteiger partial charge in [0.05, 0.1) is 6.61 Å². The van der Waals surface area contributed by atoms with E-state index in [1.807, 2.05) is 0 Å². The van der Waals surface area contributed by atoms with Gasteiger partial charge in [-0.1, -0.05) is 0 Å². The second kappa shape index (κ2) is 4.70. The van der Waals surface area contributed by atoms with Gasteiger partial charge in [-0.05, 0) is 25.5 Å². The molecule has 0 aromatic rings. The zero-order valence-electron chi connectivity index (χ0n) is 7.29. The lowest BCUT2D eigenvalue weighted by Gasteiger charge is -2.16. The number of rotatable bonds is 1. The molecule has 2 saturated heterocycles. The molecule has 0 bridgehead atoms. The van der Waals surface area contributed by atoms with E-state index in [1.165, 1.54) is 18.6 Å². The van der Waals surface area contributed by atoms with Crippen LogP contribution in [0.25, 0.3) is 0 Å². The normalized spacial score (nSPS) is 41.2.